The molecule has 8 nitrogen and oxygen atoms in total. The first-order chi connectivity index (χ1) is 9.90. The molecule has 0 aliphatic carbocycles. The molecule has 0 bridgehead atoms. The zero-order valence-electron chi connectivity index (χ0n) is 11.1. The van der Waals surface area contributed by atoms with Gasteiger partial charge >= 0.3 is 5.97 Å². The SMILES string of the molecule is NC(=O)CN(CC(=O)O)C(=O)CCNC(=O)c1cccs1. The molecule has 114 valence electrons. The van der Waals surface area contributed by atoms with Gasteiger partial charge in [-0.15, -0.1) is 11.3 Å². The zero-order chi connectivity index (χ0) is 15.8. The molecule has 0 radical (unpaired) electrons. The van der Waals surface area contributed by atoms with Crippen LogP contribution in [0.25, 0.3) is 0 Å². The number of carbonyl (C=O) groups excluding carboxylic acids is 3. The van der Waals surface area contributed by atoms with Crippen LogP contribution in [-0.4, -0.2) is 53.3 Å². The van der Waals surface area contributed by atoms with Crippen molar-refractivity contribution in [3.8, 4) is 0 Å². The van der Waals surface area contributed by atoms with Crippen LogP contribution >= 0.6 is 11.3 Å². The first-order valence-electron chi connectivity index (χ1n) is 5.99. The molecule has 1 heterocycles. The summed E-state index contributed by atoms with van der Waals surface area (Å²) in [7, 11) is 0. The van der Waals surface area contributed by atoms with E-state index in [1.54, 1.807) is 17.5 Å². The first kappa shape index (κ1) is 16.6. The van der Waals surface area contributed by atoms with Gasteiger partial charge in [0.05, 0.1) is 11.4 Å². The van der Waals surface area contributed by atoms with E-state index in [4.69, 9.17) is 10.8 Å². The van der Waals surface area contributed by atoms with E-state index < -0.39 is 30.9 Å². The molecule has 1 aromatic rings. The Kier molecular flexibility index (Phi) is 6.34. The third kappa shape index (κ3) is 6.04. The molecule has 0 aliphatic heterocycles. The van der Waals surface area contributed by atoms with Gasteiger partial charge in [-0.05, 0) is 11.4 Å². The molecule has 3 amide bonds. The topological polar surface area (TPSA) is 130 Å². The van der Waals surface area contributed by atoms with Crippen LogP contribution in [-0.2, 0) is 14.4 Å². The van der Waals surface area contributed by atoms with Crippen molar-refractivity contribution in [3.05, 3.63) is 22.4 Å². The maximum Gasteiger partial charge on any atom is 0.323 e. The highest BCUT2D eigenvalue weighted by atomic mass is 32.1. The van der Waals surface area contributed by atoms with Crippen LogP contribution in [0.3, 0.4) is 0 Å². The minimum Gasteiger partial charge on any atom is -0.480 e. The van der Waals surface area contributed by atoms with Gasteiger partial charge in [0.25, 0.3) is 5.91 Å². The average molecular weight is 313 g/mol. The van der Waals surface area contributed by atoms with E-state index in [0.717, 1.165) is 4.90 Å². The summed E-state index contributed by atoms with van der Waals surface area (Å²) >= 11 is 1.27. The van der Waals surface area contributed by atoms with Crippen LogP contribution in [0, 0.1) is 0 Å². The number of hydrogen-bond acceptors (Lipinski definition) is 5. The summed E-state index contributed by atoms with van der Waals surface area (Å²) in [4.78, 5) is 46.2. The van der Waals surface area contributed by atoms with Gasteiger partial charge in [-0.2, -0.15) is 0 Å². The van der Waals surface area contributed by atoms with E-state index in [1.807, 2.05) is 0 Å². The summed E-state index contributed by atoms with van der Waals surface area (Å²) in [6.45, 7) is -1.03. The predicted molar refractivity (Wildman–Crippen MR) is 74.7 cm³/mol. The fraction of sp³-hybridized carbons (Fsp3) is 0.333. The number of hydrogen-bond donors (Lipinski definition) is 3. The Morgan fingerprint density at radius 1 is 1.29 bits per heavy atom. The molecule has 0 atom stereocenters. The van der Waals surface area contributed by atoms with E-state index in [2.05, 4.69) is 5.32 Å². The number of nitrogens with one attached hydrogen (secondary N) is 1. The Morgan fingerprint density at radius 2 is 2.00 bits per heavy atom. The van der Waals surface area contributed by atoms with E-state index in [1.165, 1.54) is 11.3 Å². The highest BCUT2D eigenvalue weighted by Gasteiger charge is 2.18. The number of amides is 3. The van der Waals surface area contributed by atoms with Crippen LogP contribution in [0.4, 0.5) is 0 Å². The zero-order valence-corrected chi connectivity index (χ0v) is 11.9. The maximum atomic E-state index is 11.8. The van der Waals surface area contributed by atoms with Crippen molar-refractivity contribution in [2.24, 2.45) is 5.73 Å². The summed E-state index contributed by atoms with van der Waals surface area (Å²) in [5.74, 6) is -2.92. The Hall–Kier alpha value is -2.42. The Labute approximate surface area is 124 Å². The smallest absolute Gasteiger partial charge is 0.323 e. The number of thiophene rings is 1. The van der Waals surface area contributed by atoms with Crippen LogP contribution < -0.4 is 11.1 Å². The molecular weight excluding hydrogens is 298 g/mol. The summed E-state index contributed by atoms with van der Waals surface area (Å²) in [6, 6.07) is 3.37. The van der Waals surface area contributed by atoms with Gasteiger partial charge in [0.15, 0.2) is 0 Å². The molecule has 0 spiro atoms. The summed E-state index contributed by atoms with van der Waals surface area (Å²) in [5.41, 5.74) is 4.95. The van der Waals surface area contributed by atoms with Gasteiger partial charge in [0.1, 0.15) is 6.54 Å². The molecule has 0 saturated heterocycles. The van der Waals surface area contributed by atoms with Crippen molar-refractivity contribution in [1.29, 1.82) is 0 Å². The lowest BCUT2D eigenvalue weighted by Gasteiger charge is -2.18. The fourth-order valence-corrected chi connectivity index (χ4v) is 2.16. The standard InChI is InChI=1S/C12H15N3O5S/c13-9(16)6-15(7-11(18)19)10(17)3-4-14-12(20)8-2-1-5-21-8/h1-2,5H,3-4,6-7H2,(H2,13,16)(H,14,20)(H,18,19). The maximum absolute atomic E-state index is 11.8. The van der Waals surface area contributed by atoms with Crippen molar-refractivity contribution < 1.29 is 24.3 Å². The Morgan fingerprint density at radius 3 is 2.52 bits per heavy atom. The van der Waals surface area contributed by atoms with Crippen molar-refractivity contribution in [2.75, 3.05) is 19.6 Å². The van der Waals surface area contributed by atoms with Crippen molar-refractivity contribution >= 4 is 35.0 Å². The molecule has 1 rings (SSSR count). The second-order valence-electron chi connectivity index (χ2n) is 4.09. The number of primary amides is 1. The quantitative estimate of drug-likeness (QED) is 0.582. The lowest BCUT2D eigenvalue weighted by Crippen LogP contribution is -2.42. The number of nitrogens with two attached hydrogens (primary N) is 1. The highest BCUT2D eigenvalue weighted by molar-refractivity contribution is 7.12. The monoisotopic (exact) mass is 313 g/mol. The van der Waals surface area contributed by atoms with Gasteiger partial charge in [-0.3, -0.25) is 19.2 Å². The lowest BCUT2D eigenvalue weighted by molar-refractivity contribution is -0.145. The van der Waals surface area contributed by atoms with Crippen LogP contribution in [0.1, 0.15) is 16.1 Å². The van der Waals surface area contributed by atoms with Crippen molar-refractivity contribution in [2.45, 2.75) is 6.42 Å². The second kappa shape index (κ2) is 8.00. The Bertz CT molecular complexity index is 513. The van der Waals surface area contributed by atoms with Crippen LogP contribution in [0.5, 0.6) is 0 Å². The number of rotatable bonds is 8. The molecule has 0 aliphatic rings. The summed E-state index contributed by atoms with van der Waals surface area (Å²) in [6.07, 6.45) is -0.113. The number of carboxylic acid groups (broad SMARTS) is 1. The Balaban J connectivity index is 2.44. The molecule has 0 fully saturated rings. The predicted octanol–water partition coefficient (Wildman–Crippen LogP) is -0.734. The van der Waals surface area contributed by atoms with E-state index >= 15 is 0 Å². The third-order valence-corrected chi connectivity index (χ3v) is 3.26. The molecule has 0 saturated carbocycles. The van der Waals surface area contributed by atoms with Gasteiger partial charge in [-0.25, -0.2) is 0 Å². The lowest BCUT2D eigenvalue weighted by atomic mass is 10.3. The molecule has 0 aromatic carbocycles. The van der Waals surface area contributed by atoms with Crippen LogP contribution in [0.2, 0.25) is 0 Å². The normalized spacial score (nSPS) is 9.90. The van der Waals surface area contributed by atoms with Crippen LogP contribution in [0.15, 0.2) is 17.5 Å². The molecule has 4 N–H and O–H groups in total. The largest absolute Gasteiger partial charge is 0.480 e. The molecule has 9 heteroatoms. The van der Waals surface area contributed by atoms with E-state index in [9.17, 15) is 19.2 Å². The molecule has 0 unspecified atom stereocenters. The van der Waals surface area contributed by atoms with Gasteiger partial charge in [0.2, 0.25) is 11.8 Å². The third-order valence-electron chi connectivity index (χ3n) is 2.39. The number of nitrogens with zero attached hydrogens (tertiary/aromatic N) is 1. The van der Waals surface area contributed by atoms with Gasteiger partial charge in [-0.1, -0.05) is 6.07 Å². The second-order valence-corrected chi connectivity index (χ2v) is 5.04. The fourth-order valence-electron chi connectivity index (χ4n) is 1.52. The molecular formula is C12H15N3O5S. The van der Waals surface area contributed by atoms with E-state index in [0.29, 0.717) is 4.88 Å². The van der Waals surface area contributed by atoms with Gasteiger partial charge < -0.3 is 21.1 Å². The first-order valence-corrected chi connectivity index (χ1v) is 6.87. The van der Waals surface area contributed by atoms with Gasteiger partial charge in [0, 0.05) is 13.0 Å². The average Bonchev–Trinajstić information content (AvgIpc) is 2.90. The molecule has 21 heavy (non-hydrogen) atoms. The minimum absolute atomic E-state index is 0.0461. The molecule has 1 aromatic heterocycles. The minimum atomic E-state index is -1.24. The number of carboxylic acids is 1. The summed E-state index contributed by atoms with van der Waals surface area (Å²) in [5, 5.41) is 13.0. The van der Waals surface area contributed by atoms with E-state index in [-0.39, 0.29) is 18.9 Å². The number of carbonyl (C=O) groups is 4. The summed E-state index contributed by atoms with van der Waals surface area (Å²) < 4.78 is 0. The van der Waals surface area contributed by atoms with Crippen molar-refractivity contribution in [1.82, 2.24) is 10.2 Å². The highest BCUT2D eigenvalue weighted by Crippen LogP contribution is 2.07. The van der Waals surface area contributed by atoms with Crippen molar-refractivity contribution in [3.63, 3.8) is 0 Å². The number of aliphatic carboxylic acids is 1.